The number of aromatic amines is 1. The number of anilines is 2. The molecule has 0 unspecified atom stereocenters. The van der Waals surface area contributed by atoms with Crippen LogP contribution in [0.2, 0.25) is 0 Å². The summed E-state index contributed by atoms with van der Waals surface area (Å²) in [5, 5.41) is 15.7. The monoisotopic (exact) mass is 542 g/mol. The van der Waals surface area contributed by atoms with E-state index in [0.29, 0.717) is 0 Å². The Labute approximate surface area is 297 Å². The van der Waals surface area contributed by atoms with E-state index in [9.17, 15) is 4.79 Å². The molecule has 10 heteroatoms. The molecule has 1 aliphatic heterocycles. The van der Waals surface area contributed by atoms with Gasteiger partial charge in [0, 0.05) is 5.70 Å². The first kappa shape index (κ1) is 32.0. The molecule has 2 aliphatic carbocycles. The van der Waals surface area contributed by atoms with Crippen molar-refractivity contribution in [3.05, 3.63) is 65.1 Å². The fourth-order valence-corrected chi connectivity index (χ4v) is 5.02. The minimum absolute atomic E-state index is 0. The molecule has 2 aromatic carbocycles. The van der Waals surface area contributed by atoms with Crippen molar-refractivity contribution in [2.75, 3.05) is 10.6 Å². The number of carbonyl (C=O) groups is 1. The summed E-state index contributed by atoms with van der Waals surface area (Å²) >= 11 is 0. The number of allylic oxidation sites excluding steroid dienone is 2. The smallest absolute Gasteiger partial charge is 1.00 e. The number of imidazole rings is 1. The van der Waals surface area contributed by atoms with Crippen LogP contribution >= 0.6 is 0 Å². The number of carbonyl (C=O) groups excluding carboxylic acids is 1. The van der Waals surface area contributed by atoms with Gasteiger partial charge in [-0.3, -0.25) is 9.36 Å². The summed E-state index contributed by atoms with van der Waals surface area (Å²) in [6.07, 6.45) is 13.3. The van der Waals surface area contributed by atoms with E-state index in [-0.39, 0.29) is 122 Å². The Hall–Kier alpha value is -0.247. The maximum atomic E-state index is 11.9. The van der Waals surface area contributed by atoms with Gasteiger partial charge in [-0.2, -0.15) is 0 Å². The summed E-state index contributed by atoms with van der Waals surface area (Å²) in [5.74, 6) is 0. The molecule has 0 amide bonds. The Kier molecular flexibility index (Phi) is 14.2. The van der Waals surface area contributed by atoms with Crippen LogP contribution in [0.4, 0.5) is 11.4 Å². The van der Waals surface area contributed by atoms with Crippen molar-refractivity contribution in [3.63, 3.8) is 0 Å². The first-order chi connectivity index (χ1) is 16.7. The number of nitrogens with zero attached hydrogens (tertiary/aromatic N) is 1. The molecule has 0 atom stereocenters. The van der Waals surface area contributed by atoms with Gasteiger partial charge in [0.1, 0.15) is 5.66 Å². The third kappa shape index (κ3) is 8.13. The second kappa shape index (κ2) is 16.0. The Morgan fingerprint density at radius 2 is 1.53 bits per heavy atom. The van der Waals surface area contributed by atoms with Crippen LogP contribution in [0.15, 0.2) is 59.4 Å². The van der Waals surface area contributed by atoms with Gasteiger partial charge in [-0.05, 0) is 75.6 Å². The van der Waals surface area contributed by atoms with Gasteiger partial charge in [0.25, 0.3) is 6.47 Å². The zero-order valence-corrected chi connectivity index (χ0v) is 27.5. The molecule has 3 N–H and O–H groups in total. The molecule has 0 saturated heterocycles. The van der Waals surface area contributed by atoms with Crippen LogP contribution in [0.3, 0.4) is 0 Å². The Balaban J connectivity index is 0.000000304. The predicted octanol–water partition coefficient (Wildman–Crippen LogP) is -1.52. The third-order valence-corrected chi connectivity index (χ3v) is 6.57. The molecule has 1 fully saturated rings. The Bertz CT molecular complexity index is 1180. The van der Waals surface area contributed by atoms with E-state index in [0.717, 1.165) is 29.6 Å². The van der Waals surface area contributed by atoms with E-state index < -0.39 is 0 Å². The minimum atomic E-state index is -0.181. The van der Waals surface area contributed by atoms with Crippen molar-refractivity contribution < 1.29 is 119 Å². The van der Waals surface area contributed by atoms with Crippen molar-refractivity contribution in [1.82, 2.24) is 9.55 Å². The molecule has 8 nitrogen and oxygen atoms in total. The van der Waals surface area contributed by atoms with Crippen molar-refractivity contribution in [3.8, 4) is 0 Å². The van der Waals surface area contributed by atoms with Crippen molar-refractivity contribution in [2.45, 2.75) is 63.5 Å². The number of benzene rings is 2. The molecule has 3 aromatic rings. The molecule has 1 saturated carbocycles. The quantitative estimate of drug-likeness (QED) is 0.157. The minimum Gasteiger partial charge on any atom is -1.00 e. The normalized spacial score (nSPS) is 16.6. The molecule has 6 rings (SSSR count). The molecule has 182 valence electrons. The standard InChI is InChI=1S/C13H14N2O.C12H16N2.CH2O3.2K.H/c16-13-14-11-8-4-5-9-12(11)15(13)10-6-2-1-3-7-10;1-4-8-12(9-5-1)13-10-6-2-3-7-11(10)14-12;2-1-4-3;;;/h4-6,8-9H,1-3,7H2,(H,14,16);2-3,6-7,13-14H,1,4-5,8-9H2;1,3H;;;/q;;;2*+1;-1/p-1. The van der Waals surface area contributed by atoms with Gasteiger partial charge in [0.2, 0.25) is 0 Å². The second-order valence-electron chi connectivity index (χ2n) is 8.85. The van der Waals surface area contributed by atoms with Gasteiger partial charge in [0.05, 0.1) is 22.4 Å². The summed E-state index contributed by atoms with van der Waals surface area (Å²) in [6, 6.07) is 16.3. The number of hydrogen-bond acceptors (Lipinski definition) is 6. The summed E-state index contributed by atoms with van der Waals surface area (Å²) < 4.78 is 1.81. The van der Waals surface area contributed by atoms with E-state index in [4.69, 9.17) is 10.1 Å². The third-order valence-electron chi connectivity index (χ3n) is 6.57. The molecule has 2 heterocycles. The predicted molar refractivity (Wildman–Crippen MR) is 133 cm³/mol. The first-order valence-electron chi connectivity index (χ1n) is 11.9. The SMILES string of the molecule is O=CO[O-].O=c1[nH]c2ccccc2n1C1=CCCCC1.[H-].[K+].[K+].c1ccc2c(c1)NC1(CCCCC1)N2. The van der Waals surface area contributed by atoms with Crippen molar-refractivity contribution in [2.24, 2.45) is 0 Å². The zero-order valence-electron chi connectivity index (χ0n) is 22.2. The summed E-state index contributed by atoms with van der Waals surface area (Å²) in [4.78, 5) is 26.0. The Morgan fingerprint density at radius 1 is 0.917 bits per heavy atom. The number of hydrogen-bond donors (Lipinski definition) is 3. The molecular weight excluding hydrogens is 511 g/mol. The molecule has 0 radical (unpaired) electrons. The zero-order chi connectivity index (χ0) is 23.8. The summed E-state index contributed by atoms with van der Waals surface area (Å²) in [6.45, 7) is -0.181. The van der Waals surface area contributed by atoms with Crippen LogP contribution in [-0.4, -0.2) is 21.7 Å². The van der Waals surface area contributed by atoms with Gasteiger partial charge < -0.3 is 27.2 Å². The molecule has 36 heavy (non-hydrogen) atoms. The van der Waals surface area contributed by atoms with Crippen molar-refractivity contribution in [1.29, 1.82) is 0 Å². The largest absolute Gasteiger partial charge is 1.00 e. The van der Waals surface area contributed by atoms with Crippen LogP contribution in [0.1, 0.15) is 59.2 Å². The van der Waals surface area contributed by atoms with Gasteiger partial charge >= 0.3 is 108 Å². The van der Waals surface area contributed by atoms with Crippen LogP contribution in [0, 0.1) is 0 Å². The number of fused-ring (bicyclic) bond motifs is 2. The van der Waals surface area contributed by atoms with E-state index in [1.807, 2.05) is 28.8 Å². The average Bonchev–Trinajstić information content (AvgIpc) is 3.41. The number of nitrogens with one attached hydrogen (secondary N) is 3. The average molecular weight is 543 g/mol. The summed E-state index contributed by atoms with van der Waals surface area (Å²) in [5.41, 5.74) is 5.76. The Morgan fingerprint density at radius 3 is 2.11 bits per heavy atom. The molecular formula is C26H32K2N4O4. The van der Waals surface area contributed by atoms with Crippen LogP contribution < -0.4 is 124 Å². The fraction of sp³-hybridized carbons (Fsp3) is 0.385. The van der Waals surface area contributed by atoms with E-state index in [2.05, 4.69) is 50.8 Å². The molecule has 0 bridgehead atoms. The van der Waals surface area contributed by atoms with E-state index >= 15 is 0 Å². The molecule has 3 aliphatic rings. The number of aromatic nitrogens is 2. The first-order valence-corrected chi connectivity index (χ1v) is 11.9. The van der Waals surface area contributed by atoms with Gasteiger partial charge in [-0.25, -0.2) is 4.79 Å². The summed E-state index contributed by atoms with van der Waals surface area (Å²) in [7, 11) is 0. The van der Waals surface area contributed by atoms with Crippen molar-refractivity contribution >= 4 is 34.6 Å². The van der Waals surface area contributed by atoms with Gasteiger partial charge in [-0.1, -0.05) is 36.8 Å². The van der Waals surface area contributed by atoms with Crippen LogP contribution in [0.5, 0.6) is 0 Å². The van der Waals surface area contributed by atoms with E-state index in [1.165, 1.54) is 56.3 Å². The molecule has 1 spiro atoms. The van der Waals surface area contributed by atoms with Crippen LogP contribution in [-0.2, 0) is 9.68 Å². The topological polar surface area (TPSA) is 111 Å². The van der Waals surface area contributed by atoms with Crippen LogP contribution in [0.25, 0.3) is 16.7 Å². The molecule has 1 aromatic heterocycles. The van der Waals surface area contributed by atoms with E-state index in [1.54, 1.807) is 0 Å². The number of rotatable bonds is 2. The maximum Gasteiger partial charge on any atom is 1.00 e. The second-order valence-corrected chi connectivity index (χ2v) is 8.85. The van der Waals surface area contributed by atoms with Gasteiger partial charge in [0.15, 0.2) is 0 Å². The fourth-order valence-electron chi connectivity index (χ4n) is 5.02. The maximum absolute atomic E-state index is 11.9. The van der Waals surface area contributed by atoms with Gasteiger partial charge in [-0.15, -0.1) is 0 Å². The number of para-hydroxylation sites is 4. The number of H-pyrrole nitrogens is 1.